The molecule has 0 rings (SSSR count). The highest BCUT2D eigenvalue weighted by Gasteiger charge is 2.18. The molecule has 0 amide bonds. The lowest BCUT2D eigenvalue weighted by Gasteiger charge is -2.12. The van der Waals surface area contributed by atoms with Crippen molar-refractivity contribution in [3.63, 3.8) is 0 Å². The van der Waals surface area contributed by atoms with Crippen LogP contribution >= 0.6 is 0 Å². The molecule has 0 aromatic rings. The molecular weight excluding hydrogens is 456 g/mol. The fraction of sp³-hybridized carbons (Fsp3) is 1.00. The van der Waals surface area contributed by atoms with E-state index in [4.69, 9.17) is 0 Å². The van der Waals surface area contributed by atoms with E-state index >= 15 is 0 Å². The molecule has 0 heterocycles. The zero-order chi connectivity index (χ0) is 24.4. The molecule has 24 nitrogen and oxygen atoms in total. The zero-order valence-electron chi connectivity index (χ0n) is 14.7. The largest absolute Gasteiger partial charge is 0.314 e. The van der Waals surface area contributed by atoms with Gasteiger partial charge in [-0.15, -0.1) is 60.7 Å². The van der Waals surface area contributed by atoms with Crippen molar-refractivity contribution in [1.82, 2.24) is 0 Å². The van der Waals surface area contributed by atoms with Crippen LogP contribution < -0.4 is 0 Å². The summed E-state index contributed by atoms with van der Waals surface area (Å²) in [6, 6.07) is 0. The molecule has 1 atom stereocenters. The Hall–Kier alpha value is -4.80. The van der Waals surface area contributed by atoms with Gasteiger partial charge in [0.1, 0.15) is 25.9 Å². The zero-order valence-corrected chi connectivity index (χ0v) is 14.7. The minimum atomic E-state index is -1.55. The highest BCUT2D eigenvalue weighted by Crippen LogP contribution is 2.01. The van der Waals surface area contributed by atoms with Crippen LogP contribution in [0, 0.1) is 60.7 Å². The lowest BCUT2D eigenvalue weighted by molar-refractivity contribution is -0.803. The van der Waals surface area contributed by atoms with Crippen LogP contribution in [-0.4, -0.2) is 69.2 Å². The van der Waals surface area contributed by atoms with E-state index in [2.05, 4.69) is 29.0 Å². The van der Waals surface area contributed by atoms with E-state index in [-0.39, 0.29) is 6.42 Å². The summed E-state index contributed by atoms with van der Waals surface area (Å²) in [5.41, 5.74) is 0. The Morgan fingerprint density at radius 2 is 0.806 bits per heavy atom. The van der Waals surface area contributed by atoms with Crippen LogP contribution in [0.2, 0.25) is 0 Å². The Labute approximate surface area is 166 Å². The summed E-state index contributed by atoms with van der Waals surface area (Å²) in [7, 11) is 0. The van der Waals surface area contributed by atoms with Gasteiger partial charge in [-0.25, -0.2) is 0 Å². The van der Waals surface area contributed by atoms with Crippen molar-refractivity contribution >= 4 is 0 Å². The first-order valence-electron chi connectivity index (χ1n) is 7.05. The van der Waals surface area contributed by atoms with Crippen molar-refractivity contribution in [1.29, 1.82) is 0 Å². The van der Waals surface area contributed by atoms with Crippen molar-refractivity contribution < 1.29 is 59.5 Å². The smallest absolute Gasteiger partial charge is 0.294 e. The number of hydrogen-bond acceptors (Lipinski definition) is 18. The lowest BCUT2D eigenvalue weighted by Crippen LogP contribution is -2.30. The number of hydrogen-bond donors (Lipinski definition) is 0. The topological polar surface area (TPSA) is 314 Å². The predicted octanol–water partition coefficient (Wildman–Crippen LogP) is -1.65. The molecule has 0 saturated carbocycles. The van der Waals surface area contributed by atoms with Crippen molar-refractivity contribution in [2.75, 3.05) is 26.4 Å². The van der Waals surface area contributed by atoms with Gasteiger partial charge in [0.05, 0.1) is 6.61 Å². The fourth-order valence-corrected chi connectivity index (χ4v) is 1.21. The molecule has 0 N–H and O–H groups in total. The van der Waals surface area contributed by atoms with E-state index in [0.29, 0.717) is 0 Å². The van der Waals surface area contributed by atoms with Gasteiger partial charge in [0.25, 0.3) is 30.5 Å². The summed E-state index contributed by atoms with van der Waals surface area (Å²) in [5.74, 6) is 0. The normalized spacial score (nSPS) is 10.4. The molecule has 0 aliphatic rings. The van der Waals surface area contributed by atoms with Crippen LogP contribution in [0.5, 0.6) is 0 Å². The Morgan fingerprint density at radius 1 is 0.484 bits per heavy atom. The van der Waals surface area contributed by atoms with Gasteiger partial charge in [-0.2, -0.15) is 0 Å². The molecule has 24 heteroatoms. The van der Waals surface area contributed by atoms with E-state index in [1.54, 1.807) is 0 Å². The monoisotopic (exact) mass is 468 g/mol. The van der Waals surface area contributed by atoms with Crippen LogP contribution in [-0.2, 0) is 29.0 Å². The second kappa shape index (κ2) is 16.2. The Kier molecular flexibility index (Phi) is 14.8. The first-order chi connectivity index (χ1) is 14.3. The predicted molar refractivity (Wildman–Crippen MR) is 80.1 cm³/mol. The SMILES string of the molecule is O=[N+]([O-])OCC(CO[N+](=O)[O-])O[N+](=O)[O-].O=[N+]([O-])OCCC(CO[N+](=O)[O-])O[N+](=O)[O-]. The second-order valence-electron chi connectivity index (χ2n) is 4.31. The molecule has 31 heavy (non-hydrogen) atoms. The van der Waals surface area contributed by atoms with Gasteiger partial charge in [0.15, 0.2) is 6.10 Å². The first-order valence-corrected chi connectivity index (χ1v) is 7.05. The van der Waals surface area contributed by atoms with E-state index in [1.165, 1.54) is 0 Å². The highest BCUT2D eigenvalue weighted by molar-refractivity contribution is 4.52. The van der Waals surface area contributed by atoms with Gasteiger partial charge in [-0.1, -0.05) is 0 Å². The third kappa shape index (κ3) is 23.2. The van der Waals surface area contributed by atoms with Crippen LogP contribution in [0.25, 0.3) is 0 Å². The minimum absolute atomic E-state index is 0.296. The maximum Gasteiger partial charge on any atom is 0.294 e. The van der Waals surface area contributed by atoms with Gasteiger partial charge in [-0.3, -0.25) is 0 Å². The second-order valence-corrected chi connectivity index (χ2v) is 4.31. The minimum Gasteiger partial charge on any atom is -0.314 e. The molecular formula is C7H12N6O18. The van der Waals surface area contributed by atoms with E-state index < -0.39 is 69.2 Å². The average molecular weight is 468 g/mol. The van der Waals surface area contributed by atoms with E-state index in [9.17, 15) is 60.7 Å². The van der Waals surface area contributed by atoms with E-state index in [1.807, 2.05) is 0 Å². The van der Waals surface area contributed by atoms with Gasteiger partial charge in [-0.05, 0) is 6.42 Å². The average Bonchev–Trinajstić information content (AvgIpc) is 2.61. The third-order valence-corrected chi connectivity index (χ3v) is 2.20. The standard InChI is InChI=1S/C4H7N3O9.C3H5N3O9/c8-5(9)14-2-1-4(16-7(12)13)3-15-6(10)11;7-4(8)13-1-3(15-6(11)12)2-14-5(9)10/h4H,1-3H2;3H,1-2H2. The van der Waals surface area contributed by atoms with Crippen LogP contribution in [0.15, 0.2) is 0 Å². The van der Waals surface area contributed by atoms with Gasteiger partial charge >= 0.3 is 0 Å². The maximum absolute atomic E-state index is 9.93. The summed E-state index contributed by atoms with van der Waals surface area (Å²) >= 11 is 0. The molecule has 0 aromatic carbocycles. The summed E-state index contributed by atoms with van der Waals surface area (Å²) in [6.45, 7) is -2.90. The molecule has 178 valence electrons. The third-order valence-electron chi connectivity index (χ3n) is 2.20. The summed E-state index contributed by atoms with van der Waals surface area (Å²) in [4.78, 5) is 81.6. The Balaban J connectivity index is 0. The van der Waals surface area contributed by atoms with Crippen molar-refractivity contribution in [3.05, 3.63) is 60.7 Å². The summed E-state index contributed by atoms with van der Waals surface area (Å²) < 4.78 is 0. The van der Waals surface area contributed by atoms with Gasteiger partial charge in [0, 0.05) is 0 Å². The lowest BCUT2D eigenvalue weighted by atomic mass is 10.3. The van der Waals surface area contributed by atoms with Gasteiger partial charge in [0.2, 0.25) is 0 Å². The highest BCUT2D eigenvalue weighted by atomic mass is 17.0. The molecule has 0 aliphatic heterocycles. The van der Waals surface area contributed by atoms with E-state index in [0.717, 1.165) is 0 Å². The molecule has 0 fully saturated rings. The quantitative estimate of drug-likeness (QED) is 0.170. The number of rotatable bonds is 17. The van der Waals surface area contributed by atoms with Crippen LogP contribution in [0.4, 0.5) is 0 Å². The van der Waals surface area contributed by atoms with Gasteiger partial charge < -0.3 is 29.0 Å². The Morgan fingerprint density at radius 3 is 1.13 bits per heavy atom. The molecule has 0 radical (unpaired) electrons. The number of nitrogens with zero attached hydrogens (tertiary/aromatic N) is 6. The molecule has 0 aromatic heterocycles. The summed E-state index contributed by atoms with van der Waals surface area (Å²) in [5, 5.41) is 51.6. The summed E-state index contributed by atoms with van der Waals surface area (Å²) in [6.07, 6.45) is -3.15. The molecule has 1 unspecified atom stereocenters. The fourth-order valence-electron chi connectivity index (χ4n) is 1.21. The molecule has 0 saturated heterocycles. The molecule has 0 bridgehead atoms. The maximum atomic E-state index is 9.93. The van der Waals surface area contributed by atoms with Crippen molar-refractivity contribution in [2.45, 2.75) is 18.6 Å². The molecule has 0 aliphatic carbocycles. The first kappa shape index (κ1) is 28.4. The van der Waals surface area contributed by atoms with Crippen LogP contribution in [0.3, 0.4) is 0 Å². The molecule has 0 spiro atoms. The van der Waals surface area contributed by atoms with Crippen molar-refractivity contribution in [3.8, 4) is 0 Å². The Bertz CT molecular complexity index is 609. The van der Waals surface area contributed by atoms with Crippen molar-refractivity contribution in [2.24, 2.45) is 0 Å². The van der Waals surface area contributed by atoms with Crippen LogP contribution in [0.1, 0.15) is 6.42 Å².